The molecule has 2 heteroatoms. The second-order valence-electron chi connectivity index (χ2n) is 11.7. The van der Waals surface area contributed by atoms with E-state index in [2.05, 4.69) is 50.5 Å². The number of rotatable bonds is 12. The van der Waals surface area contributed by atoms with Crippen LogP contribution in [-0.4, -0.2) is 9.97 Å². The smallest absolute Gasteiger partial charge is 0.159 e. The lowest BCUT2D eigenvalue weighted by Crippen LogP contribution is -2.14. The molecule has 1 aromatic carbocycles. The third kappa shape index (κ3) is 7.89. The number of unbranched alkanes of at least 4 members (excludes halogenated alkanes) is 5. The Hall–Kier alpha value is -1.70. The van der Waals surface area contributed by atoms with E-state index < -0.39 is 0 Å². The molecule has 2 aliphatic carbocycles. The first-order chi connectivity index (χ1) is 17.3. The summed E-state index contributed by atoms with van der Waals surface area (Å²) in [5.41, 5.74) is 4.03. The molecule has 2 saturated carbocycles. The van der Waals surface area contributed by atoms with Crippen molar-refractivity contribution in [3.63, 3.8) is 0 Å². The van der Waals surface area contributed by atoms with Gasteiger partial charge in [0.15, 0.2) is 5.82 Å². The third-order valence-electron chi connectivity index (χ3n) is 9.16. The fourth-order valence-electron chi connectivity index (χ4n) is 6.71. The van der Waals surface area contributed by atoms with E-state index in [0.29, 0.717) is 5.92 Å². The number of hydrogen-bond acceptors (Lipinski definition) is 2. The summed E-state index contributed by atoms with van der Waals surface area (Å²) in [7, 11) is 0. The van der Waals surface area contributed by atoms with Gasteiger partial charge in [0, 0.05) is 18.0 Å². The molecule has 0 amide bonds. The van der Waals surface area contributed by atoms with Gasteiger partial charge in [-0.2, -0.15) is 0 Å². The summed E-state index contributed by atoms with van der Waals surface area (Å²) in [5, 5.41) is 0. The SMILES string of the molecule is CCCCCCC1CCC(c2ccc(-c3ncc(C4CCC(CCCCC)CC4)cn3)cc2)CC1. The monoisotopic (exact) mass is 474 g/mol. The standard InChI is InChI=1S/C33H50N2/c1-3-5-7-9-11-27-12-16-28(17-13-27)29-20-22-31(23-21-29)33-34-24-32(25-35-33)30-18-14-26(15-19-30)10-8-6-4-2/h20-28,30H,3-19H2,1-2H3. The first-order valence-corrected chi connectivity index (χ1v) is 15.2. The van der Waals surface area contributed by atoms with Crippen molar-refractivity contribution in [2.75, 3.05) is 0 Å². The Bertz CT molecular complexity index is 824. The molecule has 192 valence electrons. The molecule has 0 bridgehead atoms. The largest absolute Gasteiger partial charge is 0.236 e. The first kappa shape index (κ1) is 26.4. The van der Waals surface area contributed by atoms with Gasteiger partial charge < -0.3 is 0 Å². The number of nitrogens with zero attached hydrogens (tertiary/aromatic N) is 2. The summed E-state index contributed by atoms with van der Waals surface area (Å²) in [6, 6.07) is 9.20. The highest BCUT2D eigenvalue weighted by Gasteiger charge is 2.24. The van der Waals surface area contributed by atoms with Gasteiger partial charge in [-0.1, -0.05) is 95.9 Å². The predicted octanol–water partition coefficient (Wildman–Crippen LogP) is 10.2. The summed E-state index contributed by atoms with van der Waals surface area (Å²) in [6.45, 7) is 4.61. The lowest BCUT2D eigenvalue weighted by Gasteiger charge is -2.29. The van der Waals surface area contributed by atoms with E-state index in [1.165, 1.54) is 120 Å². The van der Waals surface area contributed by atoms with Crippen LogP contribution < -0.4 is 0 Å². The maximum atomic E-state index is 4.79. The molecular formula is C33H50N2. The summed E-state index contributed by atoms with van der Waals surface area (Å²) in [5.74, 6) is 4.22. The number of hydrogen-bond donors (Lipinski definition) is 0. The highest BCUT2D eigenvalue weighted by atomic mass is 14.9. The molecule has 0 saturated heterocycles. The third-order valence-corrected chi connectivity index (χ3v) is 9.16. The topological polar surface area (TPSA) is 25.8 Å². The van der Waals surface area contributed by atoms with Crippen molar-refractivity contribution >= 4 is 0 Å². The van der Waals surface area contributed by atoms with E-state index in [1.54, 1.807) is 0 Å². The van der Waals surface area contributed by atoms with E-state index in [1.807, 2.05) is 0 Å². The van der Waals surface area contributed by atoms with Crippen LogP contribution in [-0.2, 0) is 0 Å². The van der Waals surface area contributed by atoms with Gasteiger partial charge in [0.1, 0.15) is 0 Å². The molecule has 2 nitrogen and oxygen atoms in total. The Morgan fingerprint density at radius 2 is 1.06 bits per heavy atom. The Morgan fingerprint density at radius 1 is 0.571 bits per heavy atom. The average Bonchev–Trinajstić information content (AvgIpc) is 2.92. The van der Waals surface area contributed by atoms with Crippen LogP contribution in [0.3, 0.4) is 0 Å². The average molecular weight is 475 g/mol. The molecule has 2 fully saturated rings. The van der Waals surface area contributed by atoms with Crippen molar-refractivity contribution in [1.82, 2.24) is 9.97 Å². The van der Waals surface area contributed by atoms with Crippen LogP contribution in [0.4, 0.5) is 0 Å². The van der Waals surface area contributed by atoms with Crippen molar-refractivity contribution in [2.45, 2.75) is 135 Å². The Morgan fingerprint density at radius 3 is 1.60 bits per heavy atom. The van der Waals surface area contributed by atoms with Crippen molar-refractivity contribution in [3.8, 4) is 11.4 Å². The first-order valence-electron chi connectivity index (χ1n) is 15.2. The molecule has 0 unspecified atom stereocenters. The van der Waals surface area contributed by atoms with Crippen LogP contribution in [0.5, 0.6) is 0 Å². The number of benzene rings is 1. The van der Waals surface area contributed by atoms with Gasteiger partial charge in [-0.25, -0.2) is 9.97 Å². The highest BCUT2D eigenvalue weighted by molar-refractivity contribution is 5.55. The predicted molar refractivity (Wildman–Crippen MR) is 150 cm³/mol. The molecule has 2 aliphatic rings. The quantitative estimate of drug-likeness (QED) is 0.286. The fraction of sp³-hybridized carbons (Fsp3) is 0.697. The molecule has 0 aliphatic heterocycles. The second-order valence-corrected chi connectivity index (χ2v) is 11.7. The maximum absolute atomic E-state index is 4.79. The summed E-state index contributed by atoms with van der Waals surface area (Å²) < 4.78 is 0. The molecule has 35 heavy (non-hydrogen) atoms. The van der Waals surface area contributed by atoms with Crippen LogP contribution in [0, 0.1) is 11.8 Å². The van der Waals surface area contributed by atoms with Crippen LogP contribution in [0.2, 0.25) is 0 Å². The van der Waals surface area contributed by atoms with Gasteiger partial charge in [0.25, 0.3) is 0 Å². The summed E-state index contributed by atoms with van der Waals surface area (Å²) in [6.07, 6.45) is 27.9. The fourth-order valence-corrected chi connectivity index (χ4v) is 6.71. The van der Waals surface area contributed by atoms with E-state index in [4.69, 9.17) is 9.97 Å². The van der Waals surface area contributed by atoms with Crippen molar-refractivity contribution in [1.29, 1.82) is 0 Å². The van der Waals surface area contributed by atoms with Crippen LogP contribution in [0.1, 0.15) is 146 Å². The van der Waals surface area contributed by atoms with E-state index in [0.717, 1.165) is 29.1 Å². The van der Waals surface area contributed by atoms with Crippen molar-refractivity contribution in [3.05, 3.63) is 47.8 Å². The van der Waals surface area contributed by atoms with Crippen molar-refractivity contribution < 1.29 is 0 Å². The lowest BCUT2D eigenvalue weighted by atomic mass is 9.77. The minimum atomic E-state index is 0.663. The number of aromatic nitrogens is 2. The normalized spacial score (nSPS) is 25.0. The molecule has 0 N–H and O–H groups in total. The molecule has 0 radical (unpaired) electrons. The molecule has 1 aromatic heterocycles. The summed E-state index contributed by atoms with van der Waals surface area (Å²) >= 11 is 0. The zero-order chi connectivity index (χ0) is 24.3. The van der Waals surface area contributed by atoms with Gasteiger partial charge >= 0.3 is 0 Å². The summed E-state index contributed by atoms with van der Waals surface area (Å²) in [4.78, 5) is 9.57. The van der Waals surface area contributed by atoms with E-state index >= 15 is 0 Å². The van der Waals surface area contributed by atoms with Crippen molar-refractivity contribution in [2.24, 2.45) is 11.8 Å². The Balaban J connectivity index is 1.23. The molecular weight excluding hydrogens is 424 g/mol. The van der Waals surface area contributed by atoms with Gasteiger partial charge in [0.05, 0.1) is 0 Å². The Labute approximate surface area is 215 Å². The molecule has 4 rings (SSSR count). The van der Waals surface area contributed by atoms with Crippen LogP contribution in [0.25, 0.3) is 11.4 Å². The van der Waals surface area contributed by atoms with Gasteiger partial charge in [-0.05, 0) is 86.2 Å². The molecule has 1 heterocycles. The lowest BCUT2D eigenvalue weighted by molar-refractivity contribution is 0.302. The van der Waals surface area contributed by atoms with E-state index in [9.17, 15) is 0 Å². The van der Waals surface area contributed by atoms with Gasteiger partial charge in [-0.3, -0.25) is 0 Å². The van der Waals surface area contributed by atoms with Crippen LogP contribution in [0.15, 0.2) is 36.7 Å². The van der Waals surface area contributed by atoms with Crippen LogP contribution >= 0.6 is 0 Å². The second kappa shape index (κ2) is 14.1. The minimum absolute atomic E-state index is 0.663. The van der Waals surface area contributed by atoms with E-state index in [-0.39, 0.29) is 0 Å². The highest BCUT2D eigenvalue weighted by Crippen LogP contribution is 2.39. The van der Waals surface area contributed by atoms with Gasteiger partial charge in [-0.15, -0.1) is 0 Å². The molecule has 0 atom stereocenters. The zero-order valence-corrected chi connectivity index (χ0v) is 22.7. The van der Waals surface area contributed by atoms with Gasteiger partial charge in [0.2, 0.25) is 0 Å². The zero-order valence-electron chi connectivity index (χ0n) is 22.7. The maximum Gasteiger partial charge on any atom is 0.159 e. The Kier molecular flexibility index (Phi) is 10.7. The molecule has 2 aromatic rings. The molecule has 0 spiro atoms. The minimum Gasteiger partial charge on any atom is -0.236 e.